The molecule has 0 radical (unpaired) electrons. The largest absolute Gasteiger partial charge is 0.426 e. The van der Waals surface area contributed by atoms with Crippen molar-refractivity contribution in [2.45, 2.75) is 80.5 Å². The van der Waals surface area contributed by atoms with Crippen LogP contribution in [0.3, 0.4) is 0 Å². The maximum Gasteiger partial charge on any atom is 0.322 e. The van der Waals surface area contributed by atoms with Crippen LogP contribution in [0.4, 0.5) is 10.5 Å². The lowest BCUT2D eigenvalue weighted by Crippen LogP contribution is -2.46. The molecule has 200 valence electrons. The van der Waals surface area contributed by atoms with Gasteiger partial charge in [0.15, 0.2) is 0 Å². The Kier molecular flexibility index (Phi) is 10.7. The summed E-state index contributed by atoms with van der Waals surface area (Å²) in [4.78, 5) is 29.2. The number of hydrogen-bond acceptors (Lipinski definition) is 4. The second-order valence-electron chi connectivity index (χ2n) is 9.82. The van der Waals surface area contributed by atoms with E-state index in [2.05, 4.69) is 29.6 Å². The van der Waals surface area contributed by atoms with Gasteiger partial charge in [0.05, 0.1) is 0 Å². The van der Waals surface area contributed by atoms with Crippen LogP contribution in [0, 0.1) is 0 Å². The van der Waals surface area contributed by atoms with E-state index >= 15 is 0 Å². The summed E-state index contributed by atoms with van der Waals surface area (Å²) in [6, 6.07) is 26.4. The first-order valence-electron chi connectivity index (χ1n) is 13.8. The molecular weight excluding hydrogens is 492 g/mol. The molecule has 3 aromatic rings. The zero-order valence-corrected chi connectivity index (χ0v) is 23.1. The second-order valence-corrected chi connectivity index (χ2v) is 11.0. The van der Waals surface area contributed by atoms with Gasteiger partial charge in [0.2, 0.25) is 0 Å². The lowest BCUT2D eigenvalue weighted by molar-refractivity contribution is -0.134. The Morgan fingerprint density at radius 1 is 0.921 bits per heavy atom. The number of anilines is 1. The van der Waals surface area contributed by atoms with Gasteiger partial charge in [0.25, 0.3) is 0 Å². The number of ether oxygens (including phenoxy) is 1. The molecule has 0 aromatic heterocycles. The van der Waals surface area contributed by atoms with Crippen molar-refractivity contribution in [3.63, 3.8) is 0 Å². The van der Waals surface area contributed by atoms with E-state index in [0.29, 0.717) is 18.7 Å². The van der Waals surface area contributed by atoms with Crippen molar-refractivity contribution < 1.29 is 14.3 Å². The summed E-state index contributed by atoms with van der Waals surface area (Å²) in [5.41, 5.74) is 2.19. The van der Waals surface area contributed by atoms with Gasteiger partial charge in [-0.2, -0.15) is 0 Å². The maximum atomic E-state index is 13.4. The summed E-state index contributed by atoms with van der Waals surface area (Å²) in [6.07, 6.45) is 8.75. The van der Waals surface area contributed by atoms with Gasteiger partial charge in [-0.3, -0.25) is 9.69 Å². The number of urea groups is 1. The highest BCUT2D eigenvalue weighted by atomic mass is 32.2. The minimum absolute atomic E-state index is 0.00744. The number of benzene rings is 3. The highest BCUT2D eigenvalue weighted by Crippen LogP contribution is 2.32. The molecule has 0 atom stereocenters. The van der Waals surface area contributed by atoms with Crippen molar-refractivity contribution in [3.05, 3.63) is 84.4 Å². The number of carbonyl (C=O) groups excluding carboxylic acids is 2. The molecule has 4 rings (SSSR count). The lowest BCUT2D eigenvalue weighted by atomic mass is 9.96. The van der Waals surface area contributed by atoms with E-state index < -0.39 is 0 Å². The first-order chi connectivity index (χ1) is 18.6. The van der Waals surface area contributed by atoms with Crippen molar-refractivity contribution in [2.75, 3.05) is 11.4 Å². The molecule has 0 heterocycles. The predicted molar refractivity (Wildman–Crippen MR) is 155 cm³/mol. The fourth-order valence-corrected chi connectivity index (χ4v) is 5.62. The van der Waals surface area contributed by atoms with E-state index in [1.165, 1.54) is 24.8 Å². The zero-order chi connectivity index (χ0) is 26.6. The topological polar surface area (TPSA) is 58.6 Å². The molecule has 2 amide bonds. The standard InChI is InChI=1S/C32H38N2O3S/c1-2-11-31(35)37-28-17-9-18-30(24-28)38-29-21-19-27(20-22-29)34(23-10-14-25-12-5-3-6-13-25)32(36)33-26-15-7-4-8-16-26/h3,5-6,9,12-13,17-22,24,26H,2,4,7-8,10-11,14-16,23H2,1H3,(H,33,36). The van der Waals surface area contributed by atoms with Crippen molar-refractivity contribution >= 4 is 29.4 Å². The number of nitrogens with one attached hydrogen (secondary N) is 1. The van der Waals surface area contributed by atoms with E-state index in [0.717, 1.165) is 47.6 Å². The third-order valence-electron chi connectivity index (χ3n) is 6.74. The average Bonchev–Trinajstić information content (AvgIpc) is 2.93. The number of aryl methyl sites for hydroxylation is 1. The zero-order valence-electron chi connectivity index (χ0n) is 22.2. The van der Waals surface area contributed by atoms with E-state index in [1.807, 2.05) is 60.4 Å². The van der Waals surface area contributed by atoms with Gasteiger partial charge in [-0.25, -0.2) is 4.79 Å². The molecule has 0 aliphatic heterocycles. The van der Waals surface area contributed by atoms with Crippen LogP contribution in [0.1, 0.15) is 63.9 Å². The van der Waals surface area contributed by atoms with E-state index in [9.17, 15) is 9.59 Å². The SMILES string of the molecule is CCCC(=O)Oc1cccc(Sc2ccc(N(CCCc3ccccc3)C(=O)NC3CCCCC3)cc2)c1. The van der Waals surface area contributed by atoms with Crippen LogP contribution in [0.5, 0.6) is 5.75 Å². The number of amides is 2. The first-order valence-corrected chi connectivity index (χ1v) is 14.6. The summed E-state index contributed by atoms with van der Waals surface area (Å²) < 4.78 is 5.44. The third-order valence-corrected chi connectivity index (χ3v) is 7.74. The molecule has 1 fully saturated rings. The van der Waals surface area contributed by atoms with Crippen molar-refractivity contribution in [3.8, 4) is 5.75 Å². The van der Waals surface area contributed by atoms with Crippen LogP contribution in [0.15, 0.2) is 88.7 Å². The van der Waals surface area contributed by atoms with Crippen molar-refractivity contribution in [2.24, 2.45) is 0 Å². The smallest absolute Gasteiger partial charge is 0.322 e. The van der Waals surface area contributed by atoms with Gasteiger partial charge in [-0.1, -0.05) is 74.3 Å². The van der Waals surface area contributed by atoms with Crippen LogP contribution >= 0.6 is 11.8 Å². The molecular formula is C32H38N2O3S. The van der Waals surface area contributed by atoms with Crippen LogP contribution in [0.25, 0.3) is 0 Å². The Morgan fingerprint density at radius 2 is 1.68 bits per heavy atom. The van der Waals surface area contributed by atoms with E-state index in [4.69, 9.17) is 4.74 Å². The first kappa shape index (κ1) is 27.8. The van der Waals surface area contributed by atoms with E-state index in [1.54, 1.807) is 17.8 Å². The van der Waals surface area contributed by atoms with Crippen LogP contribution in [-0.2, 0) is 11.2 Å². The normalized spacial score (nSPS) is 13.6. The predicted octanol–water partition coefficient (Wildman–Crippen LogP) is 8.02. The van der Waals surface area contributed by atoms with Gasteiger partial charge in [-0.15, -0.1) is 0 Å². The number of hydrogen-bond donors (Lipinski definition) is 1. The molecule has 0 bridgehead atoms. The number of nitrogens with zero attached hydrogens (tertiary/aromatic N) is 1. The van der Waals surface area contributed by atoms with E-state index in [-0.39, 0.29) is 18.0 Å². The van der Waals surface area contributed by atoms with Gasteiger partial charge >= 0.3 is 12.0 Å². The van der Waals surface area contributed by atoms with Crippen LogP contribution in [0.2, 0.25) is 0 Å². The molecule has 0 spiro atoms. The maximum absolute atomic E-state index is 13.4. The van der Waals surface area contributed by atoms with Gasteiger partial charge in [-0.05, 0) is 80.1 Å². The van der Waals surface area contributed by atoms with Gasteiger partial charge in [0, 0.05) is 34.5 Å². The Balaban J connectivity index is 1.42. The summed E-state index contributed by atoms with van der Waals surface area (Å²) in [7, 11) is 0. The van der Waals surface area contributed by atoms with Crippen molar-refractivity contribution in [1.29, 1.82) is 0 Å². The van der Waals surface area contributed by atoms with Gasteiger partial charge < -0.3 is 10.1 Å². The summed E-state index contributed by atoms with van der Waals surface area (Å²) in [5, 5.41) is 3.29. The second kappa shape index (κ2) is 14.6. The average molecular weight is 531 g/mol. The number of rotatable bonds is 11. The fraction of sp³-hybridized carbons (Fsp3) is 0.375. The Hall–Kier alpha value is -3.25. The Bertz CT molecular complexity index is 1160. The molecule has 0 saturated heterocycles. The molecule has 1 saturated carbocycles. The summed E-state index contributed by atoms with van der Waals surface area (Å²) in [6.45, 7) is 2.62. The van der Waals surface area contributed by atoms with Crippen LogP contribution < -0.4 is 15.0 Å². The minimum Gasteiger partial charge on any atom is -0.426 e. The monoisotopic (exact) mass is 530 g/mol. The number of esters is 1. The lowest BCUT2D eigenvalue weighted by Gasteiger charge is -2.28. The molecule has 1 N–H and O–H groups in total. The molecule has 6 heteroatoms. The minimum atomic E-state index is -0.210. The van der Waals surface area contributed by atoms with Crippen molar-refractivity contribution in [1.82, 2.24) is 5.32 Å². The quantitative estimate of drug-likeness (QED) is 0.201. The highest BCUT2D eigenvalue weighted by Gasteiger charge is 2.21. The van der Waals surface area contributed by atoms with Gasteiger partial charge in [0.1, 0.15) is 5.75 Å². The molecule has 5 nitrogen and oxygen atoms in total. The molecule has 1 aliphatic rings. The third kappa shape index (κ3) is 8.66. The summed E-state index contributed by atoms with van der Waals surface area (Å²) >= 11 is 1.60. The number of carbonyl (C=O) groups is 2. The molecule has 0 unspecified atom stereocenters. The Labute approximate surface area is 231 Å². The van der Waals surface area contributed by atoms with Crippen LogP contribution in [-0.4, -0.2) is 24.6 Å². The Morgan fingerprint density at radius 3 is 2.42 bits per heavy atom. The fourth-order valence-electron chi connectivity index (χ4n) is 4.75. The molecule has 1 aliphatic carbocycles. The molecule has 38 heavy (non-hydrogen) atoms. The molecule has 3 aromatic carbocycles. The highest BCUT2D eigenvalue weighted by molar-refractivity contribution is 7.99. The summed E-state index contributed by atoms with van der Waals surface area (Å²) in [5.74, 6) is 0.354.